The maximum Gasteiger partial charge on any atom is 0.258 e. The van der Waals surface area contributed by atoms with Gasteiger partial charge in [-0.1, -0.05) is 42.5 Å². The lowest BCUT2D eigenvalue weighted by Gasteiger charge is -2.29. The second-order valence-corrected chi connectivity index (χ2v) is 11.7. The average Bonchev–Trinajstić information content (AvgIpc) is 3.71. The number of carbonyl (C=O) groups excluding carboxylic acids is 5. The summed E-state index contributed by atoms with van der Waals surface area (Å²) in [4.78, 5) is 68.4. The molecule has 1 saturated heterocycles. The highest BCUT2D eigenvalue weighted by Crippen LogP contribution is 2.21. The van der Waals surface area contributed by atoms with Crippen molar-refractivity contribution in [2.24, 2.45) is 0 Å². The molecule has 4 heterocycles. The predicted molar refractivity (Wildman–Crippen MR) is 167 cm³/mol. The summed E-state index contributed by atoms with van der Waals surface area (Å²) in [6, 6.07) is 16.0. The lowest BCUT2D eigenvalue weighted by atomic mass is 10.0. The standard InChI is InChI=1S/C34H39N5O7/c1-21-10-13-26(46-21)19-35-32(42)27-17-24-11-14-25(15-12-24)45-20-30(40)37-28(18-23-7-4-3-5-8-23)34(44)39-16-6-9-29(39)33(43)36-22(2)31(41)38-27/h3-5,7-8,10-15,22,27-29H,6,9,16-20H2,1-2H3,(H,35,42)(H,36,43)(H,37,40)(H,38,41)/t22-,27-,28+,29+/m0/s1. The van der Waals surface area contributed by atoms with Crippen molar-refractivity contribution in [3.05, 3.63) is 89.4 Å². The smallest absolute Gasteiger partial charge is 0.258 e. The summed E-state index contributed by atoms with van der Waals surface area (Å²) >= 11 is 0. The van der Waals surface area contributed by atoms with E-state index in [0.29, 0.717) is 36.7 Å². The van der Waals surface area contributed by atoms with Crippen LogP contribution in [-0.4, -0.2) is 71.8 Å². The van der Waals surface area contributed by atoms with Crippen molar-refractivity contribution in [2.75, 3.05) is 13.2 Å². The number of carbonyl (C=O) groups is 5. The molecule has 0 spiro atoms. The zero-order chi connectivity index (χ0) is 32.6. The molecule has 242 valence electrons. The molecule has 1 fully saturated rings. The Bertz CT molecular complexity index is 1560. The summed E-state index contributed by atoms with van der Waals surface area (Å²) in [5.41, 5.74) is 1.58. The topological polar surface area (TPSA) is 159 Å². The monoisotopic (exact) mass is 629 g/mol. The van der Waals surface area contributed by atoms with Crippen LogP contribution in [0.5, 0.6) is 5.75 Å². The van der Waals surface area contributed by atoms with Gasteiger partial charge in [-0.25, -0.2) is 0 Å². The number of rotatable bonds is 5. The Morgan fingerprint density at radius 1 is 0.935 bits per heavy atom. The van der Waals surface area contributed by atoms with E-state index >= 15 is 0 Å². The van der Waals surface area contributed by atoms with E-state index in [1.54, 1.807) is 43.3 Å². The number of nitrogens with one attached hydrogen (secondary N) is 4. The van der Waals surface area contributed by atoms with Crippen LogP contribution in [0.15, 0.2) is 71.1 Å². The minimum absolute atomic E-state index is 0.136. The van der Waals surface area contributed by atoms with Gasteiger partial charge >= 0.3 is 0 Å². The van der Waals surface area contributed by atoms with Crippen LogP contribution >= 0.6 is 0 Å². The van der Waals surface area contributed by atoms with Crippen molar-refractivity contribution in [3.8, 4) is 5.75 Å². The fourth-order valence-corrected chi connectivity index (χ4v) is 5.65. The Labute approximate surface area is 267 Å². The van der Waals surface area contributed by atoms with Crippen molar-refractivity contribution in [2.45, 2.75) is 70.2 Å². The molecule has 3 aromatic rings. The first-order chi connectivity index (χ1) is 22.2. The first-order valence-corrected chi connectivity index (χ1v) is 15.5. The van der Waals surface area contributed by atoms with Crippen molar-refractivity contribution in [3.63, 3.8) is 0 Å². The predicted octanol–water partition coefficient (Wildman–Crippen LogP) is 1.55. The zero-order valence-corrected chi connectivity index (χ0v) is 25.9. The molecule has 0 aliphatic carbocycles. The minimum atomic E-state index is -0.995. The highest BCUT2D eigenvalue weighted by Gasteiger charge is 2.38. The summed E-state index contributed by atoms with van der Waals surface area (Å²) in [6.45, 7) is 3.47. The Morgan fingerprint density at radius 2 is 1.70 bits per heavy atom. The molecule has 4 atom stereocenters. The average molecular weight is 630 g/mol. The number of benzene rings is 2. The van der Waals surface area contributed by atoms with Crippen LogP contribution in [-0.2, 0) is 43.4 Å². The molecule has 0 unspecified atom stereocenters. The summed E-state index contributed by atoms with van der Waals surface area (Å²) in [7, 11) is 0. The number of fused-ring (bicyclic) bond motifs is 13. The lowest BCUT2D eigenvalue weighted by Crippen LogP contribution is -2.57. The molecule has 3 aliphatic rings. The summed E-state index contributed by atoms with van der Waals surface area (Å²) in [5, 5.41) is 11.1. The Morgan fingerprint density at radius 3 is 2.41 bits per heavy atom. The largest absolute Gasteiger partial charge is 0.484 e. The maximum atomic E-state index is 13.8. The third-order valence-electron chi connectivity index (χ3n) is 8.11. The van der Waals surface area contributed by atoms with E-state index in [2.05, 4.69) is 21.3 Å². The van der Waals surface area contributed by atoms with Gasteiger partial charge < -0.3 is 35.3 Å². The molecule has 2 aromatic carbocycles. The van der Waals surface area contributed by atoms with Crippen LogP contribution in [0, 0.1) is 6.92 Å². The highest BCUT2D eigenvalue weighted by molar-refractivity contribution is 5.96. The number of hydrogen-bond donors (Lipinski definition) is 4. The van der Waals surface area contributed by atoms with Crippen molar-refractivity contribution >= 4 is 29.5 Å². The molecular formula is C34H39N5O7. The van der Waals surface area contributed by atoms with Gasteiger partial charge in [0.15, 0.2) is 6.61 Å². The number of furan rings is 1. The van der Waals surface area contributed by atoms with Crippen LogP contribution in [0.25, 0.3) is 0 Å². The van der Waals surface area contributed by atoms with E-state index in [1.165, 1.54) is 11.8 Å². The van der Waals surface area contributed by atoms with Crippen LogP contribution in [0.2, 0.25) is 0 Å². The van der Waals surface area contributed by atoms with E-state index in [9.17, 15) is 24.0 Å². The lowest BCUT2D eigenvalue weighted by molar-refractivity contribution is -0.142. The molecule has 12 nitrogen and oxygen atoms in total. The molecular weight excluding hydrogens is 590 g/mol. The molecule has 4 N–H and O–H groups in total. The van der Waals surface area contributed by atoms with Gasteiger partial charge in [0.1, 0.15) is 41.4 Å². The summed E-state index contributed by atoms with van der Waals surface area (Å²) < 4.78 is 11.3. The van der Waals surface area contributed by atoms with Crippen molar-refractivity contribution in [1.29, 1.82) is 0 Å². The Balaban J connectivity index is 1.37. The fourth-order valence-electron chi connectivity index (χ4n) is 5.65. The first-order valence-electron chi connectivity index (χ1n) is 15.5. The third kappa shape index (κ3) is 8.32. The second-order valence-electron chi connectivity index (χ2n) is 11.7. The van der Waals surface area contributed by atoms with Gasteiger partial charge in [0.05, 0.1) is 6.54 Å². The quantitative estimate of drug-likeness (QED) is 0.333. The normalized spacial score (nSPS) is 22.8. The first kappa shape index (κ1) is 32.3. The number of amides is 5. The molecule has 1 aromatic heterocycles. The molecule has 3 aliphatic heterocycles. The number of hydrogen-bond acceptors (Lipinski definition) is 7. The Hall–Kier alpha value is -5.13. The molecule has 6 rings (SSSR count). The number of ether oxygens (including phenoxy) is 1. The number of aryl methyl sites for hydroxylation is 1. The molecule has 0 saturated carbocycles. The van der Waals surface area contributed by atoms with E-state index in [0.717, 1.165) is 11.1 Å². The van der Waals surface area contributed by atoms with E-state index in [4.69, 9.17) is 9.15 Å². The van der Waals surface area contributed by atoms with Crippen LogP contribution in [0.3, 0.4) is 0 Å². The maximum absolute atomic E-state index is 13.8. The molecule has 2 bridgehead atoms. The van der Waals surface area contributed by atoms with E-state index < -0.39 is 53.7 Å². The fraction of sp³-hybridized carbons (Fsp3) is 0.382. The minimum Gasteiger partial charge on any atom is -0.484 e. The van der Waals surface area contributed by atoms with Gasteiger partial charge in [0.2, 0.25) is 23.6 Å². The number of nitrogens with zero attached hydrogens (tertiary/aromatic N) is 1. The van der Waals surface area contributed by atoms with Crippen LogP contribution < -0.4 is 26.0 Å². The van der Waals surface area contributed by atoms with Crippen molar-refractivity contribution < 1.29 is 33.1 Å². The van der Waals surface area contributed by atoms with E-state index in [1.807, 2.05) is 30.3 Å². The van der Waals surface area contributed by atoms with Gasteiger partial charge in [0.25, 0.3) is 5.91 Å². The van der Waals surface area contributed by atoms with Gasteiger partial charge in [0, 0.05) is 19.4 Å². The van der Waals surface area contributed by atoms with Gasteiger partial charge in [-0.05, 0) is 62.1 Å². The molecule has 0 radical (unpaired) electrons. The molecule has 46 heavy (non-hydrogen) atoms. The zero-order valence-electron chi connectivity index (χ0n) is 25.9. The highest BCUT2D eigenvalue weighted by atomic mass is 16.5. The van der Waals surface area contributed by atoms with Gasteiger partial charge in [-0.2, -0.15) is 0 Å². The SMILES string of the molecule is Cc1ccc(CNC(=O)[C@@H]2Cc3ccc(cc3)OCC(=O)N[C@H](Cc3ccccc3)C(=O)N3CCC[C@@H]3C(=O)N[C@@H](C)C(=O)N2)o1. The van der Waals surface area contributed by atoms with Gasteiger partial charge in [-0.15, -0.1) is 0 Å². The summed E-state index contributed by atoms with van der Waals surface area (Å²) in [6.07, 6.45) is 1.38. The third-order valence-corrected chi connectivity index (χ3v) is 8.11. The van der Waals surface area contributed by atoms with Gasteiger partial charge in [-0.3, -0.25) is 24.0 Å². The molecule has 12 heteroatoms. The van der Waals surface area contributed by atoms with Crippen molar-refractivity contribution in [1.82, 2.24) is 26.2 Å². The van der Waals surface area contributed by atoms with E-state index in [-0.39, 0.29) is 26.0 Å². The molecule has 5 amide bonds. The summed E-state index contributed by atoms with van der Waals surface area (Å²) in [5.74, 6) is -0.635. The van der Waals surface area contributed by atoms with Crippen LogP contribution in [0.4, 0.5) is 0 Å². The van der Waals surface area contributed by atoms with Crippen LogP contribution in [0.1, 0.15) is 42.4 Å². The second kappa shape index (κ2) is 14.8. The Kier molecular flexibility index (Phi) is 10.4.